The maximum atomic E-state index is 6.41. The molecule has 30 heavy (non-hydrogen) atoms. The number of allylic oxidation sites excluding steroid dienone is 2. The summed E-state index contributed by atoms with van der Waals surface area (Å²) in [6.45, 7) is 9.08. The van der Waals surface area contributed by atoms with Gasteiger partial charge in [-0.15, -0.1) is 0 Å². The molecule has 0 N–H and O–H groups in total. The van der Waals surface area contributed by atoms with Crippen molar-refractivity contribution < 1.29 is 14.2 Å². The normalized spacial score (nSPS) is 21.2. The van der Waals surface area contributed by atoms with Crippen LogP contribution in [0.2, 0.25) is 0 Å². The van der Waals surface area contributed by atoms with E-state index in [1.165, 1.54) is 43.1 Å². The van der Waals surface area contributed by atoms with Crippen LogP contribution in [0.15, 0.2) is 41.6 Å². The van der Waals surface area contributed by atoms with Crippen molar-refractivity contribution in [2.45, 2.75) is 70.8 Å². The smallest absolute Gasteiger partial charge is 0.251 e. The van der Waals surface area contributed by atoms with Crippen molar-refractivity contribution in [3.63, 3.8) is 0 Å². The van der Waals surface area contributed by atoms with Crippen molar-refractivity contribution in [1.29, 1.82) is 0 Å². The van der Waals surface area contributed by atoms with Gasteiger partial charge in [-0.3, -0.25) is 0 Å². The Morgan fingerprint density at radius 3 is 2.80 bits per heavy atom. The second kappa shape index (κ2) is 11.6. The van der Waals surface area contributed by atoms with E-state index in [0.29, 0.717) is 11.3 Å². The van der Waals surface area contributed by atoms with Gasteiger partial charge >= 0.3 is 0 Å². The lowest BCUT2D eigenvalue weighted by Crippen LogP contribution is -2.12. The Bertz CT molecular complexity index is 783. The molecule has 0 aromatic heterocycles. The predicted molar refractivity (Wildman–Crippen MR) is 127 cm³/mol. The number of nitrogens with zero attached hydrogens (tertiary/aromatic N) is 1. The van der Waals surface area contributed by atoms with Crippen LogP contribution in [0.25, 0.3) is 0 Å². The van der Waals surface area contributed by atoms with Gasteiger partial charge in [-0.1, -0.05) is 49.8 Å². The molecule has 5 heteroatoms. The van der Waals surface area contributed by atoms with Crippen molar-refractivity contribution in [2.75, 3.05) is 19.4 Å². The highest BCUT2D eigenvalue weighted by molar-refractivity contribution is 8.13. The molecule has 1 fully saturated rings. The van der Waals surface area contributed by atoms with Crippen LogP contribution in [0.4, 0.5) is 0 Å². The van der Waals surface area contributed by atoms with Crippen LogP contribution in [-0.2, 0) is 11.2 Å². The van der Waals surface area contributed by atoms with Crippen LogP contribution in [0, 0.1) is 0 Å². The first-order valence-electron chi connectivity index (χ1n) is 11.1. The van der Waals surface area contributed by atoms with Crippen molar-refractivity contribution in [3.05, 3.63) is 47.7 Å². The minimum atomic E-state index is 0.281. The Morgan fingerprint density at radius 2 is 2.13 bits per heavy atom. The van der Waals surface area contributed by atoms with E-state index in [1.807, 2.05) is 0 Å². The molecule has 164 valence electrons. The third kappa shape index (κ3) is 6.64. The molecule has 1 saturated heterocycles. The molecule has 0 radical (unpaired) electrons. The molecule has 1 heterocycles. The molecule has 0 saturated carbocycles. The second-order valence-corrected chi connectivity index (χ2v) is 9.09. The molecular weight excluding hydrogens is 394 g/mol. The van der Waals surface area contributed by atoms with Crippen LogP contribution >= 0.6 is 11.8 Å². The molecule has 2 aliphatic rings. The van der Waals surface area contributed by atoms with Crippen molar-refractivity contribution in [2.24, 2.45) is 4.99 Å². The zero-order valence-electron chi connectivity index (χ0n) is 18.6. The molecule has 2 atom stereocenters. The fourth-order valence-corrected chi connectivity index (χ4v) is 4.72. The number of hydrogen-bond donors (Lipinski definition) is 0. The lowest BCUT2D eigenvalue weighted by molar-refractivity contribution is 0.426. The first kappa shape index (κ1) is 23.0. The Labute approximate surface area is 185 Å². The first-order valence-corrected chi connectivity index (χ1v) is 12.1. The minimum absolute atomic E-state index is 0.281. The number of epoxide rings is 1. The summed E-state index contributed by atoms with van der Waals surface area (Å²) in [5, 5.41) is 0.679. The van der Waals surface area contributed by atoms with Gasteiger partial charge in [0.05, 0.1) is 19.0 Å². The molecule has 3 rings (SSSR count). The van der Waals surface area contributed by atoms with Crippen LogP contribution in [0.1, 0.15) is 69.4 Å². The van der Waals surface area contributed by atoms with E-state index < -0.39 is 0 Å². The predicted octanol–water partition coefficient (Wildman–Crippen LogP) is 6.65. The number of aliphatic imine (C=N–C) groups is 1. The number of rotatable bonds is 10. The highest BCUT2D eigenvalue weighted by Gasteiger charge is 2.26. The maximum absolute atomic E-state index is 6.41. The van der Waals surface area contributed by atoms with Gasteiger partial charge in [0.25, 0.3) is 5.23 Å². The summed E-state index contributed by atoms with van der Waals surface area (Å²) in [5.74, 6) is 2.87. The lowest BCUT2D eigenvalue weighted by Gasteiger charge is -2.25. The fourth-order valence-electron chi connectivity index (χ4n) is 3.92. The van der Waals surface area contributed by atoms with Gasteiger partial charge in [-0.05, 0) is 56.7 Å². The second-order valence-electron chi connectivity index (χ2n) is 8.12. The summed E-state index contributed by atoms with van der Waals surface area (Å²) in [6, 6.07) is 4.36. The Balaban J connectivity index is 1.94. The summed E-state index contributed by atoms with van der Waals surface area (Å²) in [5.41, 5.74) is 3.78. The molecule has 1 aromatic carbocycles. The zero-order valence-corrected chi connectivity index (χ0v) is 19.4. The Morgan fingerprint density at radius 1 is 1.33 bits per heavy atom. The monoisotopic (exact) mass is 429 g/mol. The maximum Gasteiger partial charge on any atom is 0.251 e. The molecule has 4 nitrogen and oxygen atoms in total. The third-order valence-corrected chi connectivity index (χ3v) is 6.61. The number of aryl methyl sites for hydroxylation is 1. The third-order valence-electron chi connectivity index (χ3n) is 5.56. The van der Waals surface area contributed by atoms with E-state index in [1.54, 1.807) is 18.8 Å². The molecule has 0 bridgehead atoms. The minimum Gasteiger partial charge on any atom is -0.465 e. The van der Waals surface area contributed by atoms with Gasteiger partial charge in [-0.25, -0.2) is 4.99 Å². The fraction of sp³-hybridized carbons (Fsp3) is 0.560. The summed E-state index contributed by atoms with van der Waals surface area (Å²) < 4.78 is 17.7. The van der Waals surface area contributed by atoms with Gasteiger partial charge < -0.3 is 14.2 Å². The highest BCUT2D eigenvalue weighted by atomic mass is 32.2. The van der Waals surface area contributed by atoms with Gasteiger partial charge in [-0.2, -0.15) is 0 Å². The van der Waals surface area contributed by atoms with E-state index >= 15 is 0 Å². The number of unbranched alkanes of at least 4 members (excludes halogenated alkanes) is 2. The topological polar surface area (TPSA) is 43.4 Å². The standard InChI is InChI=1S/C25H35NO3S/c1-5-7-8-11-19-14-22(27-6-2)24(20-12-9-10-18(3)13-20)23(15-19)29-25(26-4)30-17-21-16-28-21/h6,13-15,20-21H,2,5,7-12,16-17H2,1,3-4H3/b26-25+/t20-,21?/m0/s1. The van der Waals surface area contributed by atoms with E-state index in [0.717, 1.165) is 48.7 Å². The SMILES string of the molecule is C=COc1cc(CCCCC)cc(O/C(=N\C)SCC2CO2)c1[C@@H]1C=C(C)CCC1. The van der Waals surface area contributed by atoms with Crippen LogP contribution in [0.3, 0.4) is 0 Å². The number of hydrogen-bond acceptors (Lipinski definition) is 5. The molecule has 1 aliphatic heterocycles. The first-order chi connectivity index (χ1) is 14.6. The van der Waals surface area contributed by atoms with Gasteiger partial charge in [0.2, 0.25) is 0 Å². The summed E-state index contributed by atoms with van der Waals surface area (Å²) in [6.07, 6.45) is 12.3. The average molecular weight is 430 g/mol. The van der Waals surface area contributed by atoms with Gasteiger partial charge in [0, 0.05) is 24.3 Å². The average Bonchev–Trinajstić information content (AvgIpc) is 3.56. The largest absolute Gasteiger partial charge is 0.465 e. The summed E-state index contributed by atoms with van der Waals surface area (Å²) in [4.78, 5) is 4.39. The molecule has 0 amide bonds. The number of benzene rings is 1. The molecular formula is C25H35NO3S. The Hall–Kier alpha value is -1.72. The van der Waals surface area contributed by atoms with E-state index in [-0.39, 0.29) is 5.92 Å². The molecule has 1 aromatic rings. The lowest BCUT2D eigenvalue weighted by atomic mass is 9.84. The molecule has 1 unspecified atom stereocenters. The zero-order chi connectivity index (χ0) is 21.3. The van der Waals surface area contributed by atoms with Crippen LogP contribution in [-0.4, -0.2) is 30.7 Å². The summed E-state index contributed by atoms with van der Waals surface area (Å²) >= 11 is 1.62. The van der Waals surface area contributed by atoms with Gasteiger partial charge in [0.1, 0.15) is 11.5 Å². The molecule has 1 aliphatic carbocycles. The Kier molecular flexibility index (Phi) is 8.88. The van der Waals surface area contributed by atoms with Crippen LogP contribution in [0.5, 0.6) is 11.5 Å². The van der Waals surface area contributed by atoms with Gasteiger partial charge in [0.15, 0.2) is 0 Å². The highest BCUT2D eigenvalue weighted by Crippen LogP contribution is 2.43. The van der Waals surface area contributed by atoms with E-state index in [4.69, 9.17) is 14.2 Å². The van der Waals surface area contributed by atoms with E-state index in [9.17, 15) is 0 Å². The van der Waals surface area contributed by atoms with E-state index in [2.05, 4.69) is 43.6 Å². The van der Waals surface area contributed by atoms with Crippen LogP contribution < -0.4 is 9.47 Å². The number of ether oxygens (including phenoxy) is 3. The quantitative estimate of drug-likeness (QED) is 0.104. The van der Waals surface area contributed by atoms with Crippen molar-refractivity contribution >= 4 is 17.0 Å². The molecule has 0 spiro atoms. The number of thioether (sulfide) groups is 1. The van der Waals surface area contributed by atoms with Crippen molar-refractivity contribution in [3.8, 4) is 11.5 Å². The van der Waals surface area contributed by atoms with Crippen molar-refractivity contribution in [1.82, 2.24) is 0 Å². The summed E-state index contributed by atoms with van der Waals surface area (Å²) in [7, 11) is 1.78.